The van der Waals surface area contributed by atoms with Crippen molar-refractivity contribution in [3.8, 4) is 0 Å². The van der Waals surface area contributed by atoms with Crippen molar-refractivity contribution in [1.82, 2.24) is 20.2 Å². The van der Waals surface area contributed by atoms with E-state index in [1.807, 2.05) is 18.2 Å². The van der Waals surface area contributed by atoms with E-state index in [1.54, 1.807) is 23.0 Å². The normalized spacial score (nSPS) is 21.8. The molecule has 2 atom stereocenters. The topological polar surface area (TPSA) is 76.0 Å². The summed E-state index contributed by atoms with van der Waals surface area (Å²) < 4.78 is 1.80. The van der Waals surface area contributed by atoms with Gasteiger partial charge < -0.3 is 15.2 Å². The second-order valence-corrected chi connectivity index (χ2v) is 6.59. The van der Waals surface area contributed by atoms with E-state index in [9.17, 15) is 9.59 Å². The van der Waals surface area contributed by atoms with E-state index >= 15 is 0 Å². The number of pyridine rings is 2. The van der Waals surface area contributed by atoms with Gasteiger partial charge in [0, 0.05) is 43.6 Å². The lowest BCUT2D eigenvalue weighted by molar-refractivity contribution is 0.0948. The predicted molar refractivity (Wildman–Crippen MR) is 89.8 cm³/mol. The van der Waals surface area contributed by atoms with E-state index in [4.69, 9.17) is 0 Å². The lowest BCUT2D eigenvalue weighted by atomic mass is 9.84. The van der Waals surface area contributed by atoms with Gasteiger partial charge in [0.1, 0.15) is 5.56 Å². The molecule has 2 aromatic heterocycles. The third-order valence-electron chi connectivity index (χ3n) is 4.93. The zero-order valence-electron chi connectivity index (χ0n) is 13.4. The second kappa shape index (κ2) is 6.20. The zero-order chi connectivity index (χ0) is 16.5. The van der Waals surface area contributed by atoms with Gasteiger partial charge >= 0.3 is 0 Å². The average molecular weight is 324 g/mol. The number of nitrogens with zero attached hydrogens (tertiary/aromatic N) is 2. The fraction of sp³-hybridized carbons (Fsp3) is 0.389. The SMILES string of the molecule is O=C(NCc1cccnc1)c1ccc2n(c1=O)C[C@@H]1CNC[C@H]2C1. The van der Waals surface area contributed by atoms with Gasteiger partial charge in [-0.3, -0.25) is 14.6 Å². The number of fused-ring (bicyclic) bond motifs is 4. The Bertz CT molecular complexity index is 816. The quantitative estimate of drug-likeness (QED) is 0.879. The van der Waals surface area contributed by atoms with Crippen LogP contribution < -0.4 is 16.2 Å². The van der Waals surface area contributed by atoms with Gasteiger partial charge in [-0.1, -0.05) is 6.07 Å². The van der Waals surface area contributed by atoms with Crippen LogP contribution in [0.5, 0.6) is 0 Å². The molecule has 2 aliphatic rings. The fourth-order valence-electron chi connectivity index (χ4n) is 3.74. The third kappa shape index (κ3) is 2.73. The molecule has 1 fully saturated rings. The summed E-state index contributed by atoms with van der Waals surface area (Å²) in [5, 5.41) is 6.23. The van der Waals surface area contributed by atoms with Gasteiger partial charge in [0.25, 0.3) is 11.5 Å². The highest BCUT2D eigenvalue weighted by Gasteiger charge is 2.31. The molecule has 6 nitrogen and oxygen atoms in total. The summed E-state index contributed by atoms with van der Waals surface area (Å²) in [6.45, 7) is 2.91. The molecule has 0 spiro atoms. The lowest BCUT2D eigenvalue weighted by Crippen LogP contribution is -2.46. The maximum atomic E-state index is 12.8. The Balaban J connectivity index is 1.57. The van der Waals surface area contributed by atoms with Gasteiger partial charge in [0.15, 0.2) is 0 Å². The summed E-state index contributed by atoms with van der Waals surface area (Å²) in [4.78, 5) is 29.2. The Morgan fingerprint density at radius 1 is 1.33 bits per heavy atom. The van der Waals surface area contributed by atoms with Crippen LogP contribution in [0.1, 0.15) is 34.0 Å². The third-order valence-corrected chi connectivity index (χ3v) is 4.93. The molecule has 4 rings (SSSR count). The largest absolute Gasteiger partial charge is 0.348 e. The summed E-state index contributed by atoms with van der Waals surface area (Å²) in [6.07, 6.45) is 4.51. The number of carbonyl (C=O) groups is 1. The number of carbonyl (C=O) groups excluding carboxylic acids is 1. The number of nitrogens with one attached hydrogen (secondary N) is 2. The minimum absolute atomic E-state index is 0.173. The highest BCUT2D eigenvalue weighted by molar-refractivity contribution is 5.93. The Hall–Kier alpha value is -2.47. The van der Waals surface area contributed by atoms with Crippen LogP contribution in [0.4, 0.5) is 0 Å². The van der Waals surface area contributed by atoms with Gasteiger partial charge in [-0.25, -0.2) is 0 Å². The first-order chi connectivity index (χ1) is 11.7. The number of aromatic nitrogens is 2. The van der Waals surface area contributed by atoms with Gasteiger partial charge in [-0.05, 0) is 42.6 Å². The first kappa shape index (κ1) is 15.1. The van der Waals surface area contributed by atoms with Crippen LogP contribution in [0, 0.1) is 5.92 Å². The molecule has 1 amide bonds. The number of hydrogen-bond acceptors (Lipinski definition) is 4. The van der Waals surface area contributed by atoms with Crippen LogP contribution in [0.25, 0.3) is 0 Å². The summed E-state index contributed by atoms with van der Waals surface area (Å²) in [5.74, 6) is 0.522. The molecule has 124 valence electrons. The molecule has 0 unspecified atom stereocenters. The van der Waals surface area contributed by atoms with Crippen molar-refractivity contribution in [3.05, 3.63) is 63.8 Å². The van der Waals surface area contributed by atoms with Crippen molar-refractivity contribution in [2.45, 2.75) is 25.4 Å². The van der Waals surface area contributed by atoms with E-state index in [-0.39, 0.29) is 17.0 Å². The molecule has 4 heterocycles. The van der Waals surface area contributed by atoms with Crippen molar-refractivity contribution < 1.29 is 4.79 Å². The van der Waals surface area contributed by atoms with Gasteiger partial charge in [0.05, 0.1) is 0 Å². The number of rotatable bonds is 3. The summed E-state index contributed by atoms with van der Waals surface area (Å²) in [5.41, 5.74) is 2.00. The summed E-state index contributed by atoms with van der Waals surface area (Å²) in [7, 11) is 0. The maximum Gasteiger partial charge on any atom is 0.263 e. The molecule has 2 N–H and O–H groups in total. The van der Waals surface area contributed by atoms with Crippen LogP contribution in [0.15, 0.2) is 41.5 Å². The van der Waals surface area contributed by atoms with E-state index in [0.717, 1.165) is 30.8 Å². The molecule has 2 aliphatic heterocycles. The highest BCUT2D eigenvalue weighted by atomic mass is 16.2. The predicted octanol–water partition coefficient (Wildman–Crippen LogP) is 0.880. The van der Waals surface area contributed by atoms with Crippen molar-refractivity contribution in [3.63, 3.8) is 0 Å². The molecule has 24 heavy (non-hydrogen) atoms. The van der Waals surface area contributed by atoms with Crippen LogP contribution in [0.3, 0.4) is 0 Å². The van der Waals surface area contributed by atoms with Crippen molar-refractivity contribution >= 4 is 5.91 Å². The molecule has 0 radical (unpaired) electrons. The maximum absolute atomic E-state index is 12.8. The first-order valence-electron chi connectivity index (χ1n) is 8.34. The molecule has 6 heteroatoms. The molecule has 2 aromatic rings. The number of amides is 1. The van der Waals surface area contributed by atoms with Gasteiger partial charge in [0.2, 0.25) is 0 Å². The molecule has 2 bridgehead atoms. The summed E-state index contributed by atoms with van der Waals surface area (Å²) >= 11 is 0. The standard InChI is InChI=1S/C18H20N4O2/c23-17(21-9-12-2-1-5-19-7-12)15-3-4-16-14-6-13(8-20-10-14)11-22(16)18(15)24/h1-5,7,13-14,20H,6,8-11H2,(H,21,23)/t13-,14+/m0/s1. The highest BCUT2D eigenvalue weighted by Crippen LogP contribution is 2.31. The van der Waals surface area contributed by atoms with Crippen molar-refractivity contribution in [1.29, 1.82) is 0 Å². The Kier molecular flexibility index (Phi) is 3.90. The molecule has 0 aromatic carbocycles. The van der Waals surface area contributed by atoms with Crippen LogP contribution >= 0.6 is 0 Å². The molecular formula is C18H20N4O2. The Labute approximate surface area is 139 Å². The molecule has 0 saturated carbocycles. The Morgan fingerprint density at radius 3 is 3.08 bits per heavy atom. The van der Waals surface area contributed by atoms with E-state index in [2.05, 4.69) is 15.6 Å². The summed E-state index contributed by atoms with van der Waals surface area (Å²) in [6, 6.07) is 7.32. The average Bonchev–Trinajstić information content (AvgIpc) is 2.62. The van der Waals surface area contributed by atoms with E-state index < -0.39 is 0 Å². The number of piperidine rings is 1. The fourth-order valence-corrected chi connectivity index (χ4v) is 3.74. The van der Waals surface area contributed by atoms with Crippen LogP contribution in [0.2, 0.25) is 0 Å². The monoisotopic (exact) mass is 324 g/mol. The minimum Gasteiger partial charge on any atom is -0.348 e. The van der Waals surface area contributed by atoms with Gasteiger partial charge in [-0.15, -0.1) is 0 Å². The number of hydrogen-bond donors (Lipinski definition) is 2. The van der Waals surface area contributed by atoms with Crippen LogP contribution in [-0.2, 0) is 13.1 Å². The first-order valence-corrected chi connectivity index (χ1v) is 8.34. The van der Waals surface area contributed by atoms with Crippen molar-refractivity contribution in [2.24, 2.45) is 5.92 Å². The zero-order valence-corrected chi connectivity index (χ0v) is 13.4. The Morgan fingerprint density at radius 2 is 2.25 bits per heavy atom. The molecular weight excluding hydrogens is 304 g/mol. The smallest absolute Gasteiger partial charge is 0.263 e. The van der Waals surface area contributed by atoms with Crippen LogP contribution in [-0.4, -0.2) is 28.5 Å². The second-order valence-electron chi connectivity index (χ2n) is 6.59. The van der Waals surface area contributed by atoms with E-state index in [0.29, 0.717) is 24.9 Å². The minimum atomic E-state index is -0.326. The molecule has 1 saturated heterocycles. The van der Waals surface area contributed by atoms with E-state index in [1.165, 1.54) is 0 Å². The lowest BCUT2D eigenvalue weighted by Gasteiger charge is -2.37. The van der Waals surface area contributed by atoms with Gasteiger partial charge in [-0.2, -0.15) is 0 Å². The van der Waals surface area contributed by atoms with Crippen molar-refractivity contribution in [2.75, 3.05) is 13.1 Å². The molecule has 0 aliphatic carbocycles.